The first-order chi connectivity index (χ1) is 12.5. The smallest absolute Gasteiger partial charge is 0.279 e. The zero-order chi connectivity index (χ0) is 18.3. The van der Waals surface area contributed by atoms with Gasteiger partial charge in [0.2, 0.25) is 0 Å². The maximum atomic E-state index is 14.3. The molecule has 128 valence electrons. The Kier molecular flexibility index (Phi) is 3.73. The van der Waals surface area contributed by atoms with Crippen LogP contribution in [-0.4, -0.2) is 9.78 Å². The molecule has 0 aliphatic rings. The molecular formula is C20H13F2N3O. The average molecular weight is 349 g/mol. The van der Waals surface area contributed by atoms with Gasteiger partial charge in [-0.25, -0.2) is 8.78 Å². The maximum Gasteiger partial charge on any atom is 0.279 e. The zero-order valence-electron chi connectivity index (χ0n) is 13.5. The van der Waals surface area contributed by atoms with Crippen molar-refractivity contribution in [3.63, 3.8) is 0 Å². The van der Waals surface area contributed by atoms with Gasteiger partial charge in [0.25, 0.3) is 5.56 Å². The van der Waals surface area contributed by atoms with Crippen LogP contribution in [-0.2, 0) is 0 Å². The van der Waals surface area contributed by atoms with Gasteiger partial charge in [0.15, 0.2) is 5.82 Å². The highest BCUT2D eigenvalue weighted by Crippen LogP contribution is 2.27. The molecule has 6 heteroatoms. The van der Waals surface area contributed by atoms with Gasteiger partial charge in [-0.1, -0.05) is 30.3 Å². The topological polar surface area (TPSA) is 60.9 Å². The molecule has 0 bridgehead atoms. The Labute approximate surface area is 147 Å². The fraction of sp³-hybridized carbons (Fsp3) is 0. The summed E-state index contributed by atoms with van der Waals surface area (Å²) in [5.74, 6) is -1.59. The van der Waals surface area contributed by atoms with Crippen LogP contribution in [0.4, 0.5) is 14.5 Å². The van der Waals surface area contributed by atoms with Crippen molar-refractivity contribution in [2.45, 2.75) is 0 Å². The summed E-state index contributed by atoms with van der Waals surface area (Å²) in [6.07, 6.45) is 0. The monoisotopic (exact) mass is 349 g/mol. The Morgan fingerprint density at radius 1 is 0.885 bits per heavy atom. The number of hydrogen-bond donors (Lipinski definition) is 1. The number of nitrogens with zero attached hydrogens (tertiary/aromatic N) is 2. The summed E-state index contributed by atoms with van der Waals surface area (Å²) in [7, 11) is 0. The Balaban J connectivity index is 2.10. The fourth-order valence-electron chi connectivity index (χ4n) is 2.90. The van der Waals surface area contributed by atoms with Crippen LogP contribution in [0.25, 0.3) is 27.7 Å². The van der Waals surface area contributed by atoms with Crippen LogP contribution < -0.4 is 11.3 Å². The lowest BCUT2D eigenvalue weighted by Crippen LogP contribution is -2.23. The second kappa shape index (κ2) is 6.07. The SMILES string of the molecule is Nc1cccc(-c2nn(-c3ccc(F)cc3F)c(=O)c3ccccc23)c1. The average Bonchev–Trinajstić information content (AvgIpc) is 2.63. The van der Waals surface area contributed by atoms with E-state index in [1.165, 1.54) is 6.07 Å². The predicted molar refractivity (Wildman–Crippen MR) is 97.1 cm³/mol. The second-order valence-corrected chi connectivity index (χ2v) is 5.83. The number of fused-ring (bicyclic) bond motifs is 1. The summed E-state index contributed by atoms with van der Waals surface area (Å²) in [4.78, 5) is 12.8. The van der Waals surface area contributed by atoms with Crippen molar-refractivity contribution in [3.05, 3.63) is 88.7 Å². The standard InChI is InChI=1S/C20H13F2N3O/c21-13-8-9-18(17(22)11-13)25-20(26)16-7-2-1-6-15(16)19(24-25)12-4-3-5-14(23)10-12/h1-11H,23H2. The summed E-state index contributed by atoms with van der Waals surface area (Å²) in [5.41, 5.74) is 6.97. The molecule has 0 aliphatic carbocycles. The summed E-state index contributed by atoms with van der Waals surface area (Å²) in [6.45, 7) is 0. The number of nitrogens with two attached hydrogens (primary N) is 1. The minimum absolute atomic E-state index is 0.118. The lowest BCUT2D eigenvalue weighted by molar-refractivity contribution is 0.571. The van der Waals surface area contributed by atoms with Gasteiger partial charge >= 0.3 is 0 Å². The van der Waals surface area contributed by atoms with Crippen LogP contribution >= 0.6 is 0 Å². The summed E-state index contributed by atoms with van der Waals surface area (Å²) < 4.78 is 28.5. The van der Waals surface area contributed by atoms with Gasteiger partial charge in [-0.05, 0) is 30.3 Å². The van der Waals surface area contributed by atoms with Gasteiger partial charge < -0.3 is 5.73 Å². The second-order valence-electron chi connectivity index (χ2n) is 5.83. The molecule has 0 saturated heterocycles. The Morgan fingerprint density at radius 2 is 1.65 bits per heavy atom. The van der Waals surface area contributed by atoms with Crippen molar-refractivity contribution < 1.29 is 8.78 Å². The van der Waals surface area contributed by atoms with Crippen molar-refractivity contribution >= 4 is 16.5 Å². The first-order valence-corrected chi connectivity index (χ1v) is 7.88. The molecule has 0 fully saturated rings. The molecule has 0 spiro atoms. The third-order valence-corrected chi connectivity index (χ3v) is 4.10. The number of hydrogen-bond acceptors (Lipinski definition) is 3. The molecule has 0 atom stereocenters. The number of anilines is 1. The maximum absolute atomic E-state index is 14.3. The first-order valence-electron chi connectivity index (χ1n) is 7.88. The molecule has 26 heavy (non-hydrogen) atoms. The van der Waals surface area contributed by atoms with Crippen LogP contribution in [0.15, 0.2) is 71.5 Å². The van der Waals surface area contributed by atoms with Gasteiger partial charge in [0.1, 0.15) is 11.5 Å². The molecule has 4 aromatic rings. The molecule has 1 aromatic heterocycles. The zero-order valence-corrected chi connectivity index (χ0v) is 13.5. The lowest BCUT2D eigenvalue weighted by atomic mass is 10.0. The van der Waals surface area contributed by atoms with Crippen molar-refractivity contribution in [1.29, 1.82) is 0 Å². The largest absolute Gasteiger partial charge is 0.399 e. The molecule has 4 rings (SSSR count). The highest BCUT2D eigenvalue weighted by Gasteiger charge is 2.16. The van der Waals surface area contributed by atoms with Gasteiger partial charge in [-0.3, -0.25) is 4.79 Å². The summed E-state index contributed by atoms with van der Waals surface area (Å²) >= 11 is 0. The van der Waals surface area contributed by atoms with Gasteiger partial charge in [0.05, 0.1) is 11.1 Å². The minimum atomic E-state index is -0.867. The van der Waals surface area contributed by atoms with Crippen LogP contribution in [0.1, 0.15) is 0 Å². The van der Waals surface area contributed by atoms with E-state index in [9.17, 15) is 13.6 Å². The van der Waals surface area contributed by atoms with E-state index in [-0.39, 0.29) is 5.69 Å². The molecular weight excluding hydrogens is 336 g/mol. The number of aromatic nitrogens is 2. The minimum Gasteiger partial charge on any atom is -0.399 e. The van der Waals surface area contributed by atoms with Crippen molar-refractivity contribution in [2.24, 2.45) is 0 Å². The highest BCUT2D eigenvalue weighted by molar-refractivity contribution is 5.94. The molecule has 2 N–H and O–H groups in total. The van der Waals surface area contributed by atoms with E-state index >= 15 is 0 Å². The van der Waals surface area contributed by atoms with E-state index in [2.05, 4.69) is 5.10 Å². The molecule has 0 aliphatic heterocycles. The molecule has 0 amide bonds. The molecule has 3 aromatic carbocycles. The molecule has 0 radical (unpaired) electrons. The van der Waals surface area contributed by atoms with Gasteiger partial charge in [-0.2, -0.15) is 9.78 Å². The quantitative estimate of drug-likeness (QED) is 0.558. The van der Waals surface area contributed by atoms with Crippen LogP contribution in [0, 0.1) is 11.6 Å². The number of halogens is 2. The molecule has 0 unspecified atom stereocenters. The van der Waals surface area contributed by atoms with Gasteiger partial charge in [-0.15, -0.1) is 0 Å². The number of nitrogen functional groups attached to an aromatic ring is 1. The third kappa shape index (κ3) is 2.61. The van der Waals surface area contributed by atoms with Crippen LogP contribution in [0.2, 0.25) is 0 Å². The Morgan fingerprint density at radius 3 is 2.38 bits per heavy atom. The summed E-state index contributed by atoms with van der Waals surface area (Å²) in [6, 6.07) is 17.0. The van der Waals surface area contributed by atoms with Crippen molar-refractivity contribution in [2.75, 3.05) is 5.73 Å². The van der Waals surface area contributed by atoms with E-state index in [1.54, 1.807) is 48.5 Å². The van der Waals surface area contributed by atoms with E-state index in [1.807, 2.05) is 0 Å². The fourth-order valence-corrected chi connectivity index (χ4v) is 2.90. The predicted octanol–water partition coefficient (Wildman–Crippen LogP) is 3.91. The van der Waals surface area contributed by atoms with E-state index < -0.39 is 17.2 Å². The number of rotatable bonds is 2. The van der Waals surface area contributed by atoms with E-state index in [0.29, 0.717) is 27.7 Å². The number of benzene rings is 3. The lowest BCUT2D eigenvalue weighted by Gasteiger charge is -2.12. The molecule has 4 nitrogen and oxygen atoms in total. The normalized spacial score (nSPS) is 11.0. The first kappa shape index (κ1) is 16.0. The summed E-state index contributed by atoms with van der Waals surface area (Å²) in [5, 5.41) is 5.36. The van der Waals surface area contributed by atoms with Gasteiger partial charge in [0, 0.05) is 22.7 Å². The Bertz CT molecular complexity index is 1200. The molecule has 0 saturated carbocycles. The molecule has 1 heterocycles. The van der Waals surface area contributed by atoms with E-state index in [0.717, 1.165) is 16.8 Å². The Hall–Kier alpha value is -3.54. The van der Waals surface area contributed by atoms with Crippen molar-refractivity contribution in [3.8, 4) is 16.9 Å². The van der Waals surface area contributed by atoms with Crippen molar-refractivity contribution in [1.82, 2.24) is 9.78 Å². The van der Waals surface area contributed by atoms with Crippen LogP contribution in [0.5, 0.6) is 0 Å². The highest BCUT2D eigenvalue weighted by atomic mass is 19.1. The van der Waals surface area contributed by atoms with Crippen LogP contribution in [0.3, 0.4) is 0 Å². The van der Waals surface area contributed by atoms with E-state index in [4.69, 9.17) is 5.73 Å². The third-order valence-electron chi connectivity index (χ3n) is 4.10.